The molecular formula is C69H133NO5. The molecule has 0 heterocycles. The molecule has 0 aliphatic rings. The molecule has 0 fully saturated rings. The van der Waals surface area contributed by atoms with E-state index in [0.29, 0.717) is 25.9 Å². The van der Waals surface area contributed by atoms with Crippen LogP contribution in [0.25, 0.3) is 0 Å². The van der Waals surface area contributed by atoms with Crippen LogP contribution in [0.15, 0.2) is 24.3 Å². The number of unbranched alkanes of at least 4 members (excludes halogenated alkanes) is 49. The fourth-order valence-corrected chi connectivity index (χ4v) is 10.8. The first-order valence-corrected chi connectivity index (χ1v) is 34.1. The third kappa shape index (κ3) is 61.4. The Morgan fingerprint density at radius 1 is 0.373 bits per heavy atom. The first kappa shape index (κ1) is 73.3. The zero-order valence-corrected chi connectivity index (χ0v) is 50.8. The van der Waals surface area contributed by atoms with Crippen molar-refractivity contribution in [3.63, 3.8) is 0 Å². The van der Waals surface area contributed by atoms with Crippen molar-refractivity contribution in [1.82, 2.24) is 5.32 Å². The lowest BCUT2D eigenvalue weighted by atomic mass is 10.0. The van der Waals surface area contributed by atoms with E-state index in [-0.39, 0.29) is 18.5 Å². The van der Waals surface area contributed by atoms with E-state index in [0.717, 1.165) is 83.5 Å². The maximum Gasteiger partial charge on any atom is 0.305 e. The van der Waals surface area contributed by atoms with Gasteiger partial charge in [0.15, 0.2) is 0 Å². The van der Waals surface area contributed by atoms with Crippen LogP contribution in [-0.2, 0) is 14.3 Å². The normalized spacial score (nSPS) is 12.6. The van der Waals surface area contributed by atoms with E-state index >= 15 is 0 Å². The molecule has 6 heteroatoms. The van der Waals surface area contributed by atoms with E-state index in [2.05, 4.69) is 43.5 Å². The largest absolute Gasteiger partial charge is 0.466 e. The molecule has 1 amide bonds. The molecule has 0 aliphatic carbocycles. The third-order valence-electron chi connectivity index (χ3n) is 16.0. The minimum absolute atomic E-state index is 0.0109. The van der Waals surface area contributed by atoms with Crippen LogP contribution in [0, 0.1) is 0 Å². The molecule has 6 nitrogen and oxygen atoms in total. The average Bonchev–Trinajstić information content (AvgIpc) is 3.41. The second-order valence-corrected chi connectivity index (χ2v) is 23.5. The highest BCUT2D eigenvalue weighted by Gasteiger charge is 2.20. The third-order valence-corrected chi connectivity index (χ3v) is 16.0. The molecule has 0 saturated heterocycles. The Morgan fingerprint density at radius 2 is 0.667 bits per heavy atom. The highest BCUT2D eigenvalue weighted by molar-refractivity contribution is 5.76. The van der Waals surface area contributed by atoms with Gasteiger partial charge in [0.25, 0.3) is 0 Å². The fraction of sp³-hybridized carbons (Fsp3) is 0.913. The van der Waals surface area contributed by atoms with Gasteiger partial charge < -0.3 is 20.3 Å². The second kappa shape index (κ2) is 64.9. The Labute approximate surface area is 469 Å². The first-order valence-electron chi connectivity index (χ1n) is 34.1. The van der Waals surface area contributed by atoms with Crippen LogP contribution in [0.5, 0.6) is 0 Å². The number of aliphatic hydroxyl groups excluding tert-OH is 2. The topological polar surface area (TPSA) is 95.9 Å². The van der Waals surface area contributed by atoms with Crippen LogP contribution in [0.4, 0.5) is 0 Å². The van der Waals surface area contributed by atoms with Gasteiger partial charge in [-0.3, -0.25) is 9.59 Å². The molecule has 2 atom stereocenters. The summed E-state index contributed by atoms with van der Waals surface area (Å²) in [4.78, 5) is 24.6. The van der Waals surface area contributed by atoms with Crippen molar-refractivity contribution in [3.05, 3.63) is 24.3 Å². The van der Waals surface area contributed by atoms with E-state index in [1.54, 1.807) is 0 Å². The van der Waals surface area contributed by atoms with Crippen LogP contribution < -0.4 is 5.32 Å². The Bertz CT molecular complexity index is 1170. The number of nitrogens with one attached hydrogen (secondary N) is 1. The number of hydrogen-bond acceptors (Lipinski definition) is 5. The fourth-order valence-electron chi connectivity index (χ4n) is 10.8. The SMILES string of the molecule is CCCCCCCCCCCCCCCCCCCCCCCCCCCC(O)C(CO)NC(=O)CCCCCCCCC/C=C\C/C=C\CCCCCOC(=O)CCCCCCCCCCCCCCCCCC. The maximum atomic E-state index is 12.5. The van der Waals surface area contributed by atoms with Gasteiger partial charge in [0.1, 0.15) is 0 Å². The lowest BCUT2D eigenvalue weighted by Crippen LogP contribution is -2.45. The van der Waals surface area contributed by atoms with E-state index in [9.17, 15) is 19.8 Å². The summed E-state index contributed by atoms with van der Waals surface area (Å²) in [6.07, 6.45) is 80.7. The molecule has 0 aromatic rings. The average molecular weight is 1060 g/mol. The van der Waals surface area contributed by atoms with Gasteiger partial charge in [0.05, 0.1) is 25.4 Å². The smallest absolute Gasteiger partial charge is 0.305 e. The molecular weight excluding hydrogens is 923 g/mol. The van der Waals surface area contributed by atoms with Crippen molar-refractivity contribution < 1.29 is 24.5 Å². The number of aliphatic hydroxyl groups is 2. The Balaban J connectivity index is 3.46. The van der Waals surface area contributed by atoms with E-state index < -0.39 is 12.1 Å². The predicted molar refractivity (Wildman–Crippen MR) is 329 cm³/mol. The zero-order chi connectivity index (χ0) is 54.3. The lowest BCUT2D eigenvalue weighted by Gasteiger charge is -2.22. The van der Waals surface area contributed by atoms with Crippen LogP contribution in [0.1, 0.15) is 380 Å². The predicted octanol–water partition coefficient (Wildman–Crippen LogP) is 21.8. The van der Waals surface area contributed by atoms with E-state index in [1.807, 2.05) is 0 Å². The zero-order valence-electron chi connectivity index (χ0n) is 50.8. The van der Waals surface area contributed by atoms with Gasteiger partial charge in [-0.05, 0) is 64.2 Å². The van der Waals surface area contributed by atoms with Crippen molar-refractivity contribution in [2.24, 2.45) is 0 Å². The number of rotatable bonds is 64. The van der Waals surface area contributed by atoms with Crippen LogP contribution in [-0.4, -0.2) is 47.4 Å². The molecule has 0 aliphatic heterocycles. The summed E-state index contributed by atoms with van der Waals surface area (Å²) in [5.41, 5.74) is 0. The quantitative estimate of drug-likeness (QED) is 0.0320. The molecule has 0 saturated carbocycles. The van der Waals surface area contributed by atoms with Crippen molar-refractivity contribution >= 4 is 11.9 Å². The van der Waals surface area contributed by atoms with Gasteiger partial charge in [-0.25, -0.2) is 0 Å². The van der Waals surface area contributed by atoms with Crippen molar-refractivity contribution in [2.75, 3.05) is 13.2 Å². The summed E-state index contributed by atoms with van der Waals surface area (Å²) in [5.74, 6) is -0.0575. The summed E-state index contributed by atoms with van der Waals surface area (Å²) in [5, 5.41) is 23.4. The Morgan fingerprint density at radius 3 is 1.01 bits per heavy atom. The second-order valence-electron chi connectivity index (χ2n) is 23.5. The lowest BCUT2D eigenvalue weighted by molar-refractivity contribution is -0.143. The maximum absolute atomic E-state index is 12.5. The summed E-state index contributed by atoms with van der Waals surface area (Å²) in [6.45, 7) is 4.95. The molecule has 2 unspecified atom stereocenters. The summed E-state index contributed by atoms with van der Waals surface area (Å²) < 4.78 is 5.47. The number of hydrogen-bond donors (Lipinski definition) is 3. The van der Waals surface area contributed by atoms with Gasteiger partial charge >= 0.3 is 5.97 Å². The minimum atomic E-state index is -0.676. The van der Waals surface area contributed by atoms with Crippen molar-refractivity contribution in [2.45, 2.75) is 392 Å². The van der Waals surface area contributed by atoms with Crippen molar-refractivity contribution in [3.8, 4) is 0 Å². The summed E-state index contributed by atoms with van der Waals surface area (Å²) in [6, 6.07) is -0.555. The molecule has 0 rings (SSSR count). The highest BCUT2D eigenvalue weighted by Crippen LogP contribution is 2.19. The monoisotopic (exact) mass is 1060 g/mol. The van der Waals surface area contributed by atoms with Gasteiger partial charge in [-0.2, -0.15) is 0 Å². The molecule has 0 radical (unpaired) electrons. The first-order chi connectivity index (χ1) is 37.0. The number of esters is 1. The molecule has 444 valence electrons. The van der Waals surface area contributed by atoms with Crippen LogP contribution >= 0.6 is 0 Å². The molecule has 0 spiro atoms. The number of carbonyl (C=O) groups is 2. The highest BCUT2D eigenvalue weighted by atomic mass is 16.5. The Kier molecular flexibility index (Phi) is 63.4. The summed E-state index contributed by atoms with van der Waals surface area (Å²) >= 11 is 0. The van der Waals surface area contributed by atoms with Crippen LogP contribution in [0.2, 0.25) is 0 Å². The standard InChI is InChI=1S/C69H133NO5/c1-3-5-7-9-11-13-15-17-19-21-22-23-24-25-26-27-28-30-33-37-41-45-49-53-57-61-67(72)66(65-71)70-68(73)62-58-54-50-46-42-38-34-31-29-32-36-40-44-48-52-56-60-64-75-69(74)63-59-55-51-47-43-39-35-20-18-16-14-12-10-8-6-4-2/h29,32,40,44,66-67,71-72H,3-28,30-31,33-39,41-43,45-65H2,1-2H3,(H,70,73)/b32-29-,44-40-. The van der Waals surface area contributed by atoms with Gasteiger partial charge in [0, 0.05) is 12.8 Å². The number of ether oxygens (including phenoxy) is 1. The van der Waals surface area contributed by atoms with Crippen LogP contribution in [0.3, 0.4) is 0 Å². The number of carbonyl (C=O) groups excluding carboxylic acids is 2. The van der Waals surface area contributed by atoms with E-state index in [1.165, 1.54) is 263 Å². The van der Waals surface area contributed by atoms with Gasteiger partial charge in [-0.15, -0.1) is 0 Å². The molecule has 0 aromatic carbocycles. The molecule has 0 bridgehead atoms. The minimum Gasteiger partial charge on any atom is -0.466 e. The molecule has 3 N–H and O–H groups in total. The Hall–Kier alpha value is -1.66. The number of allylic oxidation sites excluding steroid dienone is 4. The number of amides is 1. The van der Waals surface area contributed by atoms with E-state index in [4.69, 9.17) is 4.74 Å². The van der Waals surface area contributed by atoms with Gasteiger partial charge in [0.2, 0.25) is 5.91 Å². The molecule has 75 heavy (non-hydrogen) atoms. The summed E-state index contributed by atoms with van der Waals surface area (Å²) in [7, 11) is 0. The molecule has 0 aromatic heterocycles. The van der Waals surface area contributed by atoms with Gasteiger partial charge in [-0.1, -0.05) is 327 Å². The van der Waals surface area contributed by atoms with Crippen molar-refractivity contribution in [1.29, 1.82) is 0 Å².